The van der Waals surface area contributed by atoms with E-state index < -0.39 is 0 Å². The summed E-state index contributed by atoms with van der Waals surface area (Å²) in [7, 11) is 0. The normalized spacial score (nSPS) is 10.5. The smallest absolute Gasteiger partial charge is 0.0388 e. The zero-order chi connectivity index (χ0) is 14.0. The number of hydrogen-bond acceptors (Lipinski definition) is 1. The highest BCUT2D eigenvalue weighted by Crippen LogP contribution is 2.31. The van der Waals surface area contributed by atoms with Gasteiger partial charge >= 0.3 is 0 Å². The Balaban J connectivity index is 2.59. The molecule has 98 valence electrons. The Bertz CT molecular complexity index is 610. The van der Waals surface area contributed by atoms with Gasteiger partial charge in [0.2, 0.25) is 0 Å². The molecule has 2 aromatic carbocycles. The first-order chi connectivity index (χ1) is 9.06. The van der Waals surface area contributed by atoms with Gasteiger partial charge in [0.1, 0.15) is 0 Å². The summed E-state index contributed by atoms with van der Waals surface area (Å²) in [5, 5.41) is 0. The van der Waals surface area contributed by atoms with Gasteiger partial charge in [-0.1, -0.05) is 43.0 Å². The first kappa shape index (κ1) is 13.4. The Kier molecular flexibility index (Phi) is 3.75. The van der Waals surface area contributed by atoms with Gasteiger partial charge in [0.25, 0.3) is 0 Å². The Labute approximate surface area is 115 Å². The molecule has 0 saturated heterocycles. The summed E-state index contributed by atoms with van der Waals surface area (Å²) in [5.74, 6) is 0. The van der Waals surface area contributed by atoms with Crippen LogP contribution in [0.1, 0.15) is 33.4 Å². The van der Waals surface area contributed by atoms with Crippen LogP contribution in [0.15, 0.2) is 36.9 Å². The van der Waals surface area contributed by atoms with Crippen molar-refractivity contribution in [2.75, 3.05) is 5.73 Å². The number of nitrogen functional groups attached to an aromatic ring is 1. The van der Waals surface area contributed by atoms with Crippen LogP contribution in [0, 0.1) is 20.8 Å². The van der Waals surface area contributed by atoms with E-state index in [9.17, 15) is 0 Å². The highest BCUT2D eigenvalue weighted by Gasteiger charge is 2.14. The van der Waals surface area contributed by atoms with E-state index in [1.807, 2.05) is 12.1 Å². The number of benzene rings is 2. The van der Waals surface area contributed by atoms with Gasteiger partial charge in [0.05, 0.1) is 0 Å². The summed E-state index contributed by atoms with van der Waals surface area (Å²) in [5.41, 5.74) is 14.6. The Morgan fingerprint density at radius 2 is 1.63 bits per heavy atom. The Morgan fingerprint density at radius 3 is 2.21 bits per heavy atom. The molecular formula is C18H21N. The van der Waals surface area contributed by atoms with Crippen LogP contribution in [0.2, 0.25) is 0 Å². The van der Waals surface area contributed by atoms with Crippen molar-refractivity contribution in [2.24, 2.45) is 0 Å². The number of anilines is 1. The van der Waals surface area contributed by atoms with Crippen molar-refractivity contribution in [3.8, 4) is 0 Å². The van der Waals surface area contributed by atoms with Gasteiger partial charge in [0.15, 0.2) is 0 Å². The highest BCUT2D eigenvalue weighted by molar-refractivity contribution is 5.71. The molecule has 0 unspecified atom stereocenters. The molecule has 0 heterocycles. The van der Waals surface area contributed by atoms with Crippen LogP contribution in [0.25, 0.3) is 6.08 Å². The summed E-state index contributed by atoms with van der Waals surface area (Å²) in [6, 6.07) is 10.4. The molecule has 0 aliphatic rings. The summed E-state index contributed by atoms with van der Waals surface area (Å²) in [6.45, 7) is 10.3. The third kappa shape index (κ3) is 2.41. The van der Waals surface area contributed by atoms with E-state index in [1.165, 1.54) is 33.4 Å². The largest absolute Gasteiger partial charge is 0.398 e. The molecule has 2 aromatic rings. The van der Waals surface area contributed by atoms with Crippen LogP contribution >= 0.6 is 0 Å². The molecule has 0 aromatic heterocycles. The lowest BCUT2D eigenvalue weighted by Crippen LogP contribution is -2.06. The first-order valence-corrected chi connectivity index (χ1v) is 6.60. The van der Waals surface area contributed by atoms with Gasteiger partial charge < -0.3 is 5.73 Å². The maximum atomic E-state index is 6.33. The fourth-order valence-corrected chi connectivity index (χ4v) is 2.55. The molecule has 1 heteroatoms. The van der Waals surface area contributed by atoms with Gasteiger partial charge in [-0.15, -0.1) is 0 Å². The molecule has 0 fully saturated rings. The van der Waals surface area contributed by atoms with Gasteiger partial charge in [-0.2, -0.15) is 0 Å². The van der Waals surface area contributed by atoms with Crippen molar-refractivity contribution in [1.29, 1.82) is 0 Å². The van der Waals surface area contributed by atoms with Crippen molar-refractivity contribution in [3.63, 3.8) is 0 Å². The minimum absolute atomic E-state index is 0.857. The molecule has 0 radical (unpaired) electrons. The van der Waals surface area contributed by atoms with E-state index in [4.69, 9.17) is 5.73 Å². The first-order valence-electron chi connectivity index (χ1n) is 6.60. The molecule has 0 aliphatic heterocycles. The molecule has 2 N–H and O–H groups in total. The van der Waals surface area contributed by atoms with Gasteiger partial charge in [-0.25, -0.2) is 0 Å². The second-order valence-electron chi connectivity index (χ2n) is 5.05. The van der Waals surface area contributed by atoms with E-state index in [0.29, 0.717) is 0 Å². The number of hydrogen-bond donors (Lipinski definition) is 1. The van der Waals surface area contributed by atoms with Crippen LogP contribution in [0.5, 0.6) is 0 Å². The summed E-state index contributed by atoms with van der Waals surface area (Å²) < 4.78 is 0. The van der Waals surface area contributed by atoms with Crippen LogP contribution in [-0.4, -0.2) is 0 Å². The standard InChI is InChI=1S/C18H21N/c1-5-16-13(3)12(2)14(4)18(19)17(16)11-15-9-7-6-8-10-15/h5-10H,1,11,19H2,2-4H3. The SMILES string of the molecule is C=Cc1c(C)c(C)c(C)c(N)c1Cc1ccccc1. The van der Waals surface area contributed by atoms with E-state index in [1.54, 1.807) is 0 Å². The lowest BCUT2D eigenvalue weighted by molar-refractivity contribution is 1.14. The van der Waals surface area contributed by atoms with Gasteiger partial charge in [0, 0.05) is 12.1 Å². The molecule has 0 saturated carbocycles. The van der Waals surface area contributed by atoms with Crippen molar-refractivity contribution < 1.29 is 0 Å². The number of rotatable bonds is 3. The minimum atomic E-state index is 0.857. The third-order valence-electron chi connectivity index (χ3n) is 4.01. The molecule has 19 heavy (non-hydrogen) atoms. The average molecular weight is 251 g/mol. The van der Waals surface area contributed by atoms with Crippen molar-refractivity contribution in [3.05, 3.63) is 70.3 Å². The molecule has 1 nitrogen and oxygen atoms in total. The second-order valence-corrected chi connectivity index (χ2v) is 5.05. The number of nitrogens with two attached hydrogens (primary N) is 1. The highest BCUT2D eigenvalue weighted by atomic mass is 14.6. The van der Waals surface area contributed by atoms with Crippen LogP contribution in [0.4, 0.5) is 5.69 Å². The quantitative estimate of drug-likeness (QED) is 0.802. The minimum Gasteiger partial charge on any atom is -0.398 e. The van der Waals surface area contributed by atoms with Gasteiger partial charge in [-0.05, 0) is 54.2 Å². The predicted molar refractivity (Wildman–Crippen MR) is 84.4 cm³/mol. The second kappa shape index (κ2) is 5.31. The maximum absolute atomic E-state index is 6.33. The maximum Gasteiger partial charge on any atom is 0.0388 e. The van der Waals surface area contributed by atoms with E-state index in [2.05, 4.69) is 51.6 Å². The molecule has 0 atom stereocenters. The molecule has 2 rings (SSSR count). The zero-order valence-corrected chi connectivity index (χ0v) is 12.0. The van der Waals surface area contributed by atoms with Crippen molar-refractivity contribution in [1.82, 2.24) is 0 Å². The van der Waals surface area contributed by atoms with Crippen molar-refractivity contribution in [2.45, 2.75) is 27.2 Å². The fourth-order valence-electron chi connectivity index (χ4n) is 2.55. The summed E-state index contributed by atoms with van der Waals surface area (Å²) in [4.78, 5) is 0. The fraction of sp³-hybridized carbons (Fsp3) is 0.222. The topological polar surface area (TPSA) is 26.0 Å². The predicted octanol–water partition coefficient (Wildman–Crippen LogP) is 4.43. The summed E-state index contributed by atoms with van der Waals surface area (Å²) in [6.07, 6.45) is 2.78. The molecular weight excluding hydrogens is 230 g/mol. The molecule has 0 amide bonds. The molecule has 0 spiro atoms. The third-order valence-corrected chi connectivity index (χ3v) is 4.01. The average Bonchev–Trinajstić information content (AvgIpc) is 2.44. The monoisotopic (exact) mass is 251 g/mol. The van der Waals surface area contributed by atoms with E-state index in [-0.39, 0.29) is 0 Å². The lowest BCUT2D eigenvalue weighted by Gasteiger charge is -2.18. The lowest BCUT2D eigenvalue weighted by atomic mass is 9.88. The van der Waals surface area contributed by atoms with Crippen LogP contribution in [0.3, 0.4) is 0 Å². The van der Waals surface area contributed by atoms with Gasteiger partial charge in [-0.3, -0.25) is 0 Å². The van der Waals surface area contributed by atoms with E-state index in [0.717, 1.165) is 12.1 Å². The van der Waals surface area contributed by atoms with Crippen LogP contribution in [-0.2, 0) is 6.42 Å². The van der Waals surface area contributed by atoms with Crippen molar-refractivity contribution >= 4 is 11.8 Å². The zero-order valence-electron chi connectivity index (χ0n) is 12.0. The van der Waals surface area contributed by atoms with Crippen LogP contribution < -0.4 is 5.73 Å². The molecule has 0 aliphatic carbocycles. The summed E-state index contributed by atoms with van der Waals surface area (Å²) >= 11 is 0. The Hall–Kier alpha value is -2.02. The Morgan fingerprint density at radius 1 is 1.00 bits per heavy atom. The van der Waals surface area contributed by atoms with E-state index >= 15 is 0 Å². The molecule has 0 bridgehead atoms.